The van der Waals surface area contributed by atoms with E-state index < -0.39 is 10.0 Å². The second-order valence-corrected chi connectivity index (χ2v) is 9.04. The van der Waals surface area contributed by atoms with Gasteiger partial charge in [0.2, 0.25) is 15.9 Å². The molecule has 4 rings (SSSR count). The van der Waals surface area contributed by atoms with Crippen molar-refractivity contribution in [3.63, 3.8) is 0 Å². The monoisotopic (exact) mass is 431 g/mol. The molecule has 0 aliphatic carbocycles. The van der Waals surface area contributed by atoms with Gasteiger partial charge in [-0.2, -0.15) is 4.31 Å². The van der Waals surface area contributed by atoms with Gasteiger partial charge in [-0.1, -0.05) is 12.1 Å². The van der Waals surface area contributed by atoms with E-state index in [1.54, 1.807) is 30.5 Å². The molecule has 1 amide bonds. The molecule has 0 radical (unpaired) electrons. The number of carbonyl (C=O) groups excluding carboxylic acids is 1. The molecular weight excluding hydrogens is 409 g/mol. The number of amides is 1. The van der Waals surface area contributed by atoms with Crippen LogP contribution < -0.4 is 5.32 Å². The quantitative estimate of drug-likeness (QED) is 0.614. The summed E-state index contributed by atoms with van der Waals surface area (Å²) in [5.41, 5.74) is 1.35. The number of pyridine rings is 1. The number of hydrogen-bond donors (Lipinski definition) is 2. The number of nitrogens with one attached hydrogen (secondary N) is 2. The molecule has 2 N–H and O–H groups in total. The van der Waals surface area contributed by atoms with Crippen molar-refractivity contribution in [3.8, 4) is 0 Å². The fraction of sp³-hybridized carbons (Fsp3) is 0.300. The zero-order valence-corrected chi connectivity index (χ0v) is 17.0. The first-order chi connectivity index (χ1) is 14.4. The number of nitrogens with zero attached hydrogens (tertiary/aromatic N) is 3. The highest BCUT2D eigenvalue weighted by Gasteiger charge is 2.31. The van der Waals surface area contributed by atoms with Crippen molar-refractivity contribution in [1.82, 2.24) is 24.5 Å². The number of benzene rings is 1. The third-order valence-electron chi connectivity index (χ3n) is 5.13. The van der Waals surface area contributed by atoms with E-state index in [0.717, 1.165) is 5.56 Å². The van der Waals surface area contributed by atoms with Crippen LogP contribution >= 0.6 is 0 Å². The molecule has 1 saturated heterocycles. The number of halogens is 1. The summed E-state index contributed by atoms with van der Waals surface area (Å²) in [6, 6.07) is 9.39. The standard InChI is InChI=1S/C20H22FN5O3S/c21-16-5-3-15(4-6-16)12-23-19(27)14-25-8-10-26(11-9-25)30(28,29)18-13-24-20-17(18)2-1-7-22-20/h1-7,13H,8-12,14H2,(H,22,24)(H,23,27). The highest BCUT2D eigenvalue weighted by atomic mass is 32.2. The van der Waals surface area contributed by atoms with Gasteiger partial charge in [0.05, 0.1) is 6.54 Å². The molecule has 3 heterocycles. The fourth-order valence-electron chi connectivity index (χ4n) is 3.47. The molecule has 1 fully saturated rings. The van der Waals surface area contributed by atoms with E-state index in [4.69, 9.17) is 0 Å². The summed E-state index contributed by atoms with van der Waals surface area (Å²) in [4.78, 5) is 21.4. The Morgan fingerprint density at radius 3 is 2.60 bits per heavy atom. The van der Waals surface area contributed by atoms with Gasteiger partial charge < -0.3 is 10.3 Å². The minimum atomic E-state index is -3.64. The number of sulfonamides is 1. The first kappa shape index (κ1) is 20.5. The van der Waals surface area contributed by atoms with E-state index >= 15 is 0 Å². The summed E-state index contributed by atoms with van der Waals surface area (Å²) in [6.45, 7) is 2.04. The van der Waals surface area contributed by atoms with Crippen LogP contribution in [0, 0.1) is 5.82 Å². The van der Waals surface area contributed by atoms with Gasteiger partial charge in [-0.15, -0.1) is 0 Å². The highest BCUT2D eigenvalue weighted by Crippen LogP contribution is 2.25. The van der Waals surface area contributed by atoms with Gasteiger partial charge in [-0.3, -0.25) is 9.69 Å². The third-order valence-corrected chi connectivity index (χ3v) is 7.07. The van der Waals surface area contributed by atoms with Crippen LogP contribution in [-0.4, -0.2) is 66.2 Å². The Labute approximate surface area is 173 Å². The van der Waals surface area contributed by atoms with Crippen LogP contribution in [-0.2, 0) is 21.4 Å². The van der Waals surface area contributed by atoms with Crippen molar-refractivity contribution in [2.75, 3.05) is 32.7 Å². The van der Waals surface area contributed by atoms with Crippen molar-refractivity contribution in [1.29, 1.82) is 0 Å². The largest absolute Gasteiger partial charge is 0.351 e. The predicted molar refractivity (Wildman–Crippen MR) is 110 cm³/mol. The van der Waals surface area contributed by atoms with Gasteiger partial charge in [0.1, 0.15) is 16.4 Å². The van der Waals surface area contributed by atoms with Crippen molar-refractivity contribution >= 4 is 27.0 Å². The Morgan fingerprint density at radius 1 is 1.13 bits per heavy atom. The molecule has 2 aromatic heterocycles. The average molecular weight is 431 g/mol. The fourth-order valence-corrected chi connectivity index (χ4v) is 5.05. The Balaban J connectivity index is 1.31. The van der Waals surface area contributed by atoms with Crippen LogP contribution in [0.1, 0.15) is 5.56 Å². The summed E-state index contributed by atoms with van der Waals surface area (Å²) >= 11 is 0. The maximum Gasteiger partial charge on any atom is 0.245 e. The van der Waals surface area contributed by atoms with E-state index in [1.807, 2.05) is 4.90 Å². The lowest BCUT2D eigenvalue weighted by Crippen LogP contribution is -2.50. The topological polar surface area (TPSA) is 98.4 Å². The zero-order valence-electron chi connectivity index (χ0n) is 16.2. The van der Waals surface area contributed by atoms with Crippen molar-refractivity contribution in [2.45, 2.75) is 11.4 Å². The number of fused-ring (bicyclic) bond motifs is 1. The molecule has 1 aromatic carbocycles. The normalized spacial score (nSPS) is 16.0. The predicted octanol–water partition coefficient (Wildman–Crippen LogP) is 1.32. The third kappa shape index (κ3) is 4.35. The van der Waals surface area contributed by atoms with Gasteiger partial charge in [-0.05, 0) is 29.8 Å². The van der Waals surface area contributed by atoms with Gasteiger partial charge in [0, 0.05) is 50.5 Å². The molecule has 10 heteroatoms. The lowest BCUT2D eigenvalue weighted by atomic mass is 10.2. The Hall–Kier alpha value is -2.82. The second-order valence-electron chi connectivity index (χ2n) is 7.14. The highest BCUT2D eigenvalue weighted by molar-refractivity contribution is 7.89. The van der Waals surface area contributed by atoms with Crippen LogP contribution in [0.5, 0.6) is 0 Å². The molecule has 0 saturated carbocycles. The minimum absolute atomic E-state index is 0.154. The summed E-state index contributed by atoms with van der Waals surface area (Å²) in [5, 5.41) is 3.37. The smallest absolute Gasteiger partial charge is 0.245 e. The van der Waals surface area contributed by atoms with Crippen molar-refractivity contribution in [3.05, 3.63) is 60.2 Å². The minimum Gasteiger partial charge on any atom is -0.351 e. The molecule has 0 bridgehead atoms. The van der Waals surface area contributed by atoms with E-state index in [1.165, 1.54) is 22.6 Å². The molecule has 1 aliphatic heterocycles. The average Bonchev–Trinajstić information content (AvgIpc) is 3.19. The lowest BCUT2D eigenvalue weighted by molar-refractivity contribution is -0.122. The Bertz CT molecular complexity index is 1140. The number of carbonyl (C=O) groups is 1. The number of rotatable bonds is 6. The molecule has 30 heavy (non-hydrogen) atoms. The number of aromatic nitrogens is 2. The zero-order chi connectivity index (χ0) is 21.1. The van der Waals surface area contributed by atoms with E-state index in [2.05, 4.69) is 15.3 Å². The second kappa shape index (κ2) is 8.50. The van der Waals surface area contributed by atoms with Crippen molar-refractivity contribution < 1.29 is 17.6 Å². The van der Waals surface area contributed by atoms with Crippen molar-refractivity contribution in [2.24, 2.45) is 0 Å². The number of piperazine rings is 1. The number of hydrogen-bond acceptors (Lipinski definition) is 5. The van der Waals surface area contributed by atoms with Crippen LogP contribution in [0.4, 0.5) is 4.39 Å². The maximum atomic E-state index is 13.0. The molecular formula is C20H22FN5O3S. The van der Waals surface area contributed by atoms with Crippen LogP contribution in [0.15, 0.2) is 53.7 Å². The first-order valence-electron chi connectivity index (χ1n) is 9.59. The van der Waals surface area contributed by atoms with E-state index in [0.29, 0.717) is 43.8 Å². The summed E-state index contributed by atoms with van der Waals surface area (Å²) in [6.07, 6.45) is 3.08. The van der Waals surface area contributed by atoms with E-state index in [-0.39, 0.29) is 23.2 Å². The summed E-state index contributed by atoms with van der Waals surface area (Å²) < 4.78 is 40.4. The summed E-state index contributed by atoms with van der Waals surface area (Å²) in [7, 11) is -3.64. The molecule has 1 aliphatic rings. The Morgan fingerprint density at radius 2 is 1.87 bits per heavy atom. The Kier molecular flexibility index (Phi) is 5.80. The molecule has 3 aromatic rings. The van der Waals surface area contributed by atoms with Crippen LogP contribution in [0.2, 0.25) is 0 Å². The molecule has 0 atom stereocenters. The van der Waals surface area contributed by atoms with Gasteiger partial charge in [-0.25, -0.2) is 17.8 Å². The molecule has 0 spiro atoms. The maximum absolute atomic E-state index is 13.0. The van der Waals surface area contributed by atoms with Crippen LogP contribution in [0.3, 0.4) is 0 Å². The van der Waals surface area contributed by atoms with Gasteiger partial charge >= 0.3 is 0 Å². The first-order valence-corrected chi connectivity index (χ1v) is 11.0. The lowest BCUT2D eigenvalue weighted by Gasteiger charge is -2.33. The van der Waals surface area contributed by atoms with Gasteiger partial charge in [0.25, 0.3) is 0 Å². The summed E-state index contributed by atoms with van der Waals surface area (Å²) in [5.74, 6) is -0.472. The van der Waals surface area contributed by atoms with E-state index in [9.17, 15) is 17.6 Å². The van der Waals surface area contributed by atoms with Crippen LogP contribution in [0.25, 0.3) is 11.0 Å². The molecule has 0 unspecified atom stereocenters. The molecule has 8 nitrogen and oxygen atoms in total. The number of H-pyrrole nitrogens is 1. The molecule has 158 valence electrons. The van der Waals surface area contributed by atoms with Gasteiger partial charge in [0.15, 0.2) is 0 Å². The SMILES string of the molecule is O=C(CN1CCN(S(=O)(=O)c2c[nH]c3ncccc23)CC1)NCc1ccc(F)cc1. The number of aromatic amines is 1.